The van der Waals surface area contributed by atoms with E-state index >= 15 is 0 Å². The van der Waals surface area contributed by atoms with Crippen LogP contribution in [0.1, 0.15) is 18.9 Å². The average Bonchev–Trinajstić information content (AvgIpc) is 2.77. The molecule has 1 aromatic rings. The first-order valence-electron chi connectivity index (χ1n) is 6.05. The number of rotatable bonds is 3. The number of nitrogens with zero attached hydrogens (tertiary/aromatic N) is 1. The second-order valence-corrected chi connectivity index (χ2v) is 5.90. The molecule has 0 bridgehead atoms. The largest absolute Gasteiger partial charge is 0.389 e. The van der Waals surface area contributed by atoms with Crippen LogP contribution >= 0.6 is 28.1 Å². The molecule has 2 unspecified atom stereocenters. The summed E-state index contributed by atoms with van der Waals surface area (Å²) in [5.74, 6) is -0.341. The van der Waals surface area contributed by atoms with Gasteiger partial charge in [0.05, 0.1) is 22.3 Å². The molecule has 1 aliphatic heterocycles. The van der Waals surface area contributed by atoms with Gasteiger partial charge in [-0.05, 0) is 41.4 Å². The van der Waals surface area contributed by atoms with Crippen LogP contribution in [0.5, 0.6) is 0 Å². The van der Waals surface area contributed by atoms with Gasteiger partial charge in [-0.1, -0.05) is 12.2 Å². The number of ether oxygens (including phenoxy) is 1. The maximum atomic E-state index is 14.4. The Balaban J connectivity index is 2.35. The Hall–Kier alpha value is -0.720. The molecule has 2 rings (SSSR count). The minimum Gasteiger partial charge on any atom is -0.389 e. The average molecular weight is 347 g/mol. The fraction of sp³-hybridized carbons (Fsp3) is 0.462. The number of hydrogen-bond acceptors (Lipinski definition) is 3. The highest BCUT2D eigenvalue weighted by atomic mass is 79.9. The van der Waals surface area contributed by atoms with Gasteiger partial charge in [-0.2, -0.15) is 0 Å². The van der Waals surface area contributed by atoms with Crippen LogP contribution in [0.3, 0.4) is 0 Å². The lowest BCUT2D eigenvalue weighted by Crippen LogP contribution is -2.37. The summed E-state index contributed by atoms with van der Waals surface area (Å²) in [6.45, 7) is 2.72. The molecule has 1 aromatic carbocycles. The van der Waals surface area contributed by atoms with Crippen LogP contribution in [-0.2, 0) is 4.74 Å². The van der Waals surface area contributed by atoms with Gasteiger partial charge in [-0.3, -0.25) is 0 Å². The van der Waals surface area contributed by atoms with Gasteiger partial charge in [0.15, 0.2) is 5.82 Å². The molecule has 3 nitrogen and oxygen atoms in total. The second-order valence-electron chi connectivity index (χ2n) is 4.67. The molecule has 6 heteroatoms. The maximum absolute atomic E-state index is 14.4. The van der Waals surface area contributed by atoms with Gasteiger partial charge in [-0.15, -0.1) is 0 Å². The lowest BCUT2D eigenvalue weighted by atomic mass is 10.1. The van der Waals surface area contributed by atoms with Crippen molar-refractivity contribution in [2.45, 2.75) is 25.5 Å². The van der Waals surface area contributed by atoms with Gasteiger partial charge in [0.1, 0.15) is 4.99 Å². The summed E-state index contributed by atoms with van der Waals surface area (Å²) in [6.07, 6.45) is 0.990. The van der Waals surface area contributed by atoms with E-state index < -0.39 is 0 Å². The van der Waals surface area contributed by atoms with Gasteiger partial charge in [0, 0.05) is 19.2 Å². The monoisotopic (exact) mass is 346 g/mol. The number of hydrogen-bond donors (Lipinski definition) is 1. The third-order valence-corrected chi connectivity index (χ3v) is 4.54. The van der Waals surface area contributed by atoms with Crippen molar-refractivity contribution in [2.75, 3.05) is 18.6 Å². The van der Waals surface area contributed by atoms with Crippen molar-refractivity contribution in [2.24, 2.45) is 5.73 Å². The first kappa shape index (κ1) is 14.7. The maximum Gasteiger partial charge on any atom is 0.161 e. The molecular formula is C13H16BrFN2OS. The molecule has 0 aromatic heterocycles. The first-order valence-corrected chi connectivity index (χ1v) is 7.26. The second kappa shape index (κ2) is 5.73. The van der Waals surface area contributed by atoms with Crippen molar-refractivity contribution in [3.8, 4) is 0 Å². The lowest BCUT2D eigenvalue weighted by Gasteiger charge is -2.29. The van der Waals surface area contributed by atoms with Crippen LogP contribution in [0, 0.1) is 5.82 Å². The number of halogens is 2. The molecule has 0 amide bonds. The molecule has 0 radical (unpaired) electrons. The summed E-state index contributed by atoms with van der Waals surface area (Å²) in [5.41, 5.74) is 6.59. The highest BCUT2D eigenvalue weighted by molar-refractivity contribution is 9.10. The van der Waals surface area contributed by atoms with Gasteiger partial charge in [0.25, 0.3) is 0 Å². The van der Waals surface area contributed by atoms with Crippen LogP contribution in [-0.4, -0.2) is 30.8 Å². The topological polar surface area (TPSA) is 38.5 Å². The predicted molar refractivity (Wildman–Crippen MR) is 82.2 cm³/mol. The van der Waals surface area contributed by atoms with Crippen molar-refractivity contribution < 1.29 is 9.13 Å². The Morgan fingerprint density at radius 1 is 1.58 bits per heavy atom. The summed E-state index contributed by atoms with van der Waals surface area (Å²) < 4.78 is 20.2. The van der Waals surface area contributed by atoms with Crippen molar-refractivity contribution in [3.63, 3.8) is 0 Å². The molecule has 1 fully saturated rings. The van der Waals surface area contributed by atoms with Crippen molar-refractivity contribution >= 4 is 38.8 Å². The Morgan fingerprint density at radius 2 is 2.26 bits per heavy atom. The highest BCUT2D eigenvalue weighted by Gasteiger charge is 2.30. The van der Waals surface area contributed by atoms with Crippen molar-refractivity contribution in [3.05, 3.63) is 28.0 Å². The lowest BCUT2D eigenvalue weighted by molar-refractivity contribution is 0.118. The standard InChI is InChI=1S/C13H16BrFN2OS/c1-7-9(5-6-18-7)17(2)10-4-3-8(13(16)19)11(14)12(10)15/h3-4,7,9H,5-6H2,1-2H3,(H2,16,19). The third kappa shape index (κ3) is 2.75. The Bertz CT molecular complexity index is 512. The van der Waals surface area contributed by atoms with Crippen LogP contribution in [0.4, 0.5) is 10.1 Å². The molecule has 1 aliphatic rings. The van der Waals surface area contributed by atoms with Gasteiger partial charge >= 0.3 is 0 Å². The minimum atomic E-state index is -0.341. The zero-order valence-corrected chi connectivity index (χ0v) is 13.2. The van der Waals surface area contributed by atoms with E-state index in [0.717, 1.165) is 6.42 Å². The number of nitrogens with two attached hydrogens (primary N) is 1. The van der Waals surface area contributed by atoms with Gasteiger partial charge < -0.3 is 15.4 Å². The molecule has 104 valence electrons. The van der Waals surface area contributed by atoms with E-state index in [2.05, 4.69) is 15.9 Å². The minimum absolute atomic E-state index is 0.0958. The molecular weight excluding hydrogens is 331 g/mol. The molecule has 1 heterocycles. The summed E-state index contributed by atoms with van der Waals surface area (Å²) in [4.78, 5) is 2.10. The normalized spacial score (nSPS) is 22.5. The number of anilines is 1. The number of benzene rings is 1. The smallest absolute Gasteiger partial charge is 0.161 e. The Labute approximate surface area is 126 Å². The molecule has 19 heavy (non-hydrogen) atoms. The molecule has 0 aliphatic carbocycles. The Morgan fingerprint density at radius 3 is 2.79 bits per heavy atom. The summed E-state index contributed by atoms with van der Waals surface area (Å²) >= 11 is 8.11. The molecule has 2 atom stereocenters. The van der Waals surface area contributed by atoms with E-state index in [0.29, 0.717) is 22.3 Å². The summed E-state index contributed by atoms with van der Waals surface area (Å²) in [7, 11) is 1.88. The predicted octanol–water partition coefficient (Wildman–Crippen LogP) is 2.84. The summed E-state index contributed by atoms with van der Waals surface area (Å²) in [5, 5.41) is 0. The van der Waals surface area contributed by atoms with E-state index in [-0.39, 0.29) is 23.0 Å². The number of thiocarbonyl (C=S) groups is 1. The number of likely N-dealkylation sites (N-methyl/N-ethyl adjacent to an activating group) is 1. The quantitative estimate of drug-likeness (QED) is 0.854. The van der Waals surface area contributed by atoms with Crippen LogP contribution in [0.2, 0.25) is 0 Å². The van der Waals surface area contributed by atoms with Crippen LogP contribution in [0.25, 0.3) is 0 Å². The van der Waals surface area contributed by atoms with Gasteiger partial charge in [-0.25, -0.2) is 4.39 Å². The highest BCUT2D eigenvalue weighted by Crippen LogP contribution is 2.32. The van der Waals surface area contributed by atoms with Crippen LogP contribution < -0.4 is 10.6 Å². The molecule has 2 N–H and O–H groups in total. The summed E-state index contributed by atoms with van der Waals surface area (Å²) in [6, 6.07) is 3.62. The van der Waals surface area contributed by atoms with Crippen molar-refractivity contribution in [1.82, 2.24) is 0 Å². The van der Waals surface area contributed by atoms with E-state index in [9.17, 15) is 4.39 Å². The van der Waals surface area contributed by atoms with Crippen molar-refractivity contribution in [1.29, 1.82) is 0 Å². The van der Waals surface area contributed by atoms with E-state index in [1.807, 2.05) is 18.9 Å². The molecule has 1 saturated heterocycles. The SMILES string of the molecule is CC1OCCC1N(C)c1ccc(C(N)=S)c(Br)c1F. The van der Waals surface area contributed by atoms with E-state index in [4.69, 9.17) is 22.7 Å². The molecule has 0 saturated carbocycles. The van der Waals surface area contributed by atoms with E-state index in [1.165, 1.54) is 0 Å². The Kier molecular flexibility index (Phi) is 4.43. The fourth-order valence-corrected chi connectivity index (χ4v) is 3.26. The van der Waals surface area contributed by atoms with E-state index in [1.54, 1.807) is 12.1 Å². The van der Waals surface area contributed by atoms with Crippen LogP contribution in [0.15, 0.2) is 16.6 Å². The fourth-order valence-electron chi connectivity index (χ4n) is 2.41. The zero-order valence-electron chi connectivity index (χ0n) is 10.8. The molecule has 0 spiro atoms. The van der Waals surface area contributed by atoms with Gasteiger partial charge in [0.2, 0.25) is 0 Å². The third-order valence-electron chi connectivity index (χ3n) is 3.54. The zero-order chi connectivity index (χ0) is 14.2. The first-order chi connectivity index (χ1) is 8.93.